The number of halogens is 4. The van der Waals surface area contributed by atoms with Crippen molar-refractivity contribution < 1.29 is 22.4 Å². The molecule has 3 N–H and O–H groups in total. The van der Waals surface area contributed by atoms with Crippen LogP contribution in [0.25, 0.3) is 5.65 Å². The summed E-state index contributed by atoms with van der Waals surface area (Å²) in [6.45, 7) is 1.99. The van der Waals surface area contributed by atoms with Crippen molar-refractivity contribution in [1.82, 2.24) is 19.9 Å². The van der Waals surface area contributed by atoms with Crippen molar-refractivity contribution in [2.24, 2.45) is 11.7 Å². The Balaban J connectivity index is 1.53. The molecule has 1 aliphatic rings. The number of fused-ring (bicyclic) bond motifs is 1. The topological polar surface area (TPSA) is 85.3 Å². The number of hydrogen-bond donors (Lipinski definition) is 2. The van der Waals surface area contributed by atoms with Crippen LogP contribution in [0.5, 0.6) is 0 Å². The Hall–Kier alpha value is -3.01. The summed E-state index contributed by atoms with van der Waals surface area (Å²) in [6.07, 6.45) is -0.664. The van der Waals surface area contributed by atoms with Crippen molar-refractivity contribution in [3.63, 3.8) is 0 Å². The SMILES string of the molecule is CCC(c1ccc(F)cc1)C(N)c1cn2ncc(CC3C[C@@H](C(F)(F)F)NC3=O)cc2n1. The van der Waals surface area contributed by atoms with Gasteiger partial charge in [-0.05, 0) is 48.6 Å². The lowest BCUT2D eigenvalue weighted by atomic mass is 9.88. The van der Waals surface area contributed by atoms with Crippen molar-refractivity contribution >= 4 is 11.6 Å². The number of carbonyl (C=O) groups is 1. The van der Waals surface area contributed by atoms with E-state index in [1.807, 2.05) is 12.2 Å². The molecule has 3 aromatic rings. The predicted molar refractivity (Wildman–Crippen MR) is 109 cm³/mol. The number of aromatic nitrogens is 3. The van der Waals surface area contributed by atoms with Gasteiger partial charge in [0.05, 0.1) is 24.1 Å². The maximum Gasteiger partial charge on any atom is 0.408 e. The first-order valence-electron chi connectivity index (χ1n) is 10.4. The maximum absolute atomic E-state index is 13.3. The summed E-state index contributed by atoms with van der Waals surface area (Å²) in [5.74, 6) is -1.78. The molecule has 0 spiro atoms. The molecule has 32 heavy (non-hydrogen) atoms. The second-order valence-corrected chi connectivity index (χ2v) is 8.16. The molecule has 10 heteroatoms. The van der Waals surface area contributed by atoms with Gasteiger partial charge in [0.25, 0.3) is 0 Å². The first kappa shape index (κ1) is 22.2. The number of hydrogen-bond acceptors (Lipinski definition) is 4. The van der Waals surface area contributed by atoms with Crippen molar-refractivity contribution in [2.75, 3.05) is 0 Å². The molecule has 0 bridgehead atoms. The number of alkyl halides is 3. The number of nitrogens with one attached hydrogen (secondary N) is 1. The Morgan fingerprint density at radius 2 is 2.00 bits per heavy atom. The van der Waals surface area contributed by atoms with Gasteiger partial charge in [-0.3, -0.25) is 4.79 Å². The van der Waals surface area contributed by atoms with Gasteiger partial charge in [-0.2, -0.15) is 18.3 Å². The van der Waals surface area contributed by atoms with E-state index in [4.69, 9.17) is 5.73 Å². The number of nitrogens with two attached hydrogens (primary N) is 1. The Bertz CT molecular complexity index is 1110. The Morgan fingerprint density at radius 1 is 1.28 bits per heavy atom. The Morgan fingerprint density at radius 3 is 2.62 bits per heavy atom. The minimum Gasteiger partial charge on any atom is -0.344 e. The highest BCUT2D eigenvalue weighted by Crippen LogP contribution is 2.33. The molecule has 6 nitrogen and oxygen atoms in total. The number of imidazole rings is 1. The van der Waals surface area contributed by atoms with Crippen LogP contribution in [-0.4, -0.2) is 32.7 Å². The van der Waals surface area contributed by atoms with Gasteiger partial charge in [-0.15, -0.1) is 0 Å². The fourth-order valence-electron chi connectivity index (χ4n) is 4.24. The lowest BCUT2D eigenvalue weighted by Gasteiger charge is -2.21. The van der Waals surface area contributed by atoms with E-state index in [1.54, 1.807) is 28.9 Å². The zero-order valence-corrected chi connectivity index (χ0v) is 17.3. The summed E-state index contributed by atoms with van der Waals surface area (Å²) < 4.78 is 53.5. The number of nitrogens with zero attached hydrogens (tertiary/aromatic N) is 3. The van der Waals surface area contributed by atoms with E-state index in [9.17, 15) is 22.4 Å². The summed E-state index contributed by atoms with van der Waals surface area (Å²) in [4.78, 5) is 16.5. The van der Waals surface area contributed by atoms with E-state index in [0.717, 1.165) is 12.0 Å². The van der Waals surface area contributed by atoms with Crippen LogP contribution in [0.3, 0.4) is 0 Å². The third-order valence-corrected chi connectivity index (χ3v) is 5.99. The third-order valence-electron chi connectivity index (χ3n) is 5.99. The Labute approximate surface area is 181 Å². The van der Waals surface area contributed by atoms with Crippen LogP contribution >= 0.6 is 0 Å². The highest BCUT2D eigenvalue weighted by molar-refractivity contribution is 5.81. The summed E-state index contributed by atoms with van der Waals surface area (Å²) in [7, 11) is 0. The first-order chi connectivity index (χ1) is 15.2. The molecule has 4 rings (SSSR count). The largest absolute Gasteiger partial charge is 0.408 e. The van der Waals surface area contributed by atoms with E-state index in [-0.39, 0.29) is 24.6 Å². The van der Waals surface area contributed by atoms with Gasteiger partial charge in [-0.25, -0.2) is 13.9 Å². The lowest BCUT2D eigenvalue weighted by Crippen LogP contribution is -2.38. The van der Waals surface area contributed by atoms with Crippen molar-refractivity contribution in [3.8, 4) is 0 Å². The maximum atomic E-state index is 13.3. The van der Waals surface area contributed by atoms with Gasteiger partial charge in [-0.1, -0.05) is 19.1 Å². The van der Waals surface area contributed by atoms with Crippen molar-refractivity contribution in [3.05, 3.63) is 65.4 Å². The second-order valence-electron chi connectivity index (χ2n) is 8.16. The van der Waals surface area contributed by atoms with E-state index < -0.39 is 30.1 Å². The molecule has 170 valence electrons. The van der Waals surface area contributed by atoms with Gasteiger partial charge in [0.15, 0.2) is 5.65 Å². The fraction of sp³-hybridized carbons (Fsp3) is 0.409. The Kier molecular flexibility index (Phi) is 5.89. The number of rotatable bonds is 6. The molecular formula is C22H23F4N5O. The molecule has 1 aromatic carbocycles. The van der Waals surface area contributed by atoms with E-state index in [2.05, 4.69) is 10.1 Å². The summed E-state index contributed by atoms with van der Waals surface area (Å²) >= 11 is 0. The highest BCUT2D eigenvalue weighted by Gasteiger charge is 2.47. The highest BCUT2D eigenvalue weighted by atomic mass is 19.4. The minimum atomic E-state index is -4.46. The quantitative estimate of drug-likeness (QED) is 0.563. The van der Waals surface area contributed by atoms with Crippen molar-refractivity contribution in [1.29, 1.82) is 0 Å². The molecule has 1 aliphatic heterocycles. The summed E-state index contributed by atoms with van der Waals surface area (Å²) in [6, 6.07) is 5.63. The molecule has 0 saturated carbocycles. The molecule has 1 amide bonds. The smallest absolute Gasteiger partial charge is 0.344 e. The van der Waals surface area contributed by atoms with Gasteiger partial charge < -0.3 is 11.1 Å². The van der Waals surface area contributed by atoms with Crippen LogP contribution in [0, 0.1) is 11.7 Å². The predicted octanol–water partition coefficient (Wildman–Crippen LogP) is 3.67. The molecule has 3 unspecified atom stereocenters. The third kappa shape index (κ3) is 4.45. The van der Waals surface area contributed by atoms with E-state index in [1.165, 1.54) is 18.3 Å². The van der Waals surface area contributed by atoms with Crippen LogP contribution < -0.4 is 11.1 Å². The number of carbonyl (C=O) groups excluding carboxylic acids is 1. The van der Waals surface area contributed by atoms with Crippen LogP contribution in [0.15, 0.2) is 42.7 Å². The molecule has 4 atom stereocenters. The molecule has 3 heterocycles. The zero-order chi connectivity index (χ0) is 23.0. The fourth-order valence-corrected chi connectivity index (χ4v) is 4.24. The van der Waals surface area contributed by atoms with Gasteiger partial charge in [0.2, 0.25) is 5.91 Å². The second kappa shape index (κ2) is 8.50. The molecule has 0 radical (unpaired) electrons. The summed E-state index contributed by atoms with van der Waals surface area (Å²) in [5.41, 5.74) is 9.09. The van der Waals surface area contributed by atoms with E-state index in [0.29, 0.717) is 16.9 Å². The van der Waals surface area contributed by atoms with E-state index >= 15 is 0 Å². The minimum absolute atomic E-state index is 0.0820. The van der Waals surface area contributed by atoms with Gasteiger partial charge in [0, 0.05) is 11.8 Å². The van der Waals surface area contributed by atoms with Crippen LogP contribution in [0.4, 0.5) is 17.6 Å². The monoisotopic (exact) mass is 449 g/mol. The zero-order valence-electron chi connectivity index (χ0n) is 17.3. The van der Waals surface area contributed by atoms with Gasteiger partial charge in [0.1, 0.15) is 11.9 Å². The molecule has 0 aliphatic carbocycles. The van der Waals surface area contributed by atoms with Crippen LogP contribution in [0.1, 0.15) is 48.5 Å². The first-order valence-corrected chi connectivity index (χ1v) is 10.4. The molecule has 2 aromatic heterocycles. The standard InChI is InChI=1S/C22H23F4N5O/c1-2-16(13-3-5-15(23)6-4-13)20(27)17-11-31-19(29-17)8-12(10-28-31)7-14-9-18(22(24,25)26)30-21(14)32/h3-6,8,10-11,14,16,18,20H,2,7,9,27H2,1H3,(H,30,32)/t14?,16?,18-,20?/m0/s1. The van der Waals surface area contributed by atoms with Crippen LogP contribution in [0.2, 0.25) is 0 Å². The van der Waals surface area contributed by atoms with Crippen LogP contribution in [-0.2, 0) is 11.2 Å². The summed E-state index contributed by atoms with van der Waals surface area (Å²) in [5, 5.41) is 6.30. The molecule has 1 fully saturated rings. The average molecular weight is 449 g/mol. The number of benzene rings is 1. The molecular weight excluding hydrogens is 426 g/mol. The lowest BCUT2D eigenvalue weighted by molar-refractivity contribution is -0.154. The molecule has 1 saturated heterocycles. The van der Waals surface area contributed by atoms with Crippen molar-refractivity contribution in [2.45, 2.75) is 50.4 Å². The van der Waals surface area contributed by atoms with Gasteiger partial charge >= 0.3 is 6.18 Å². The normalized spacial score (nSPS) is 21.0. The average Bonchev–Trinajstić information content (AvgIpc) is 3.33. The number of amides is 1.